The number of nitrogens with one attached hydrogen (secondary N) is 1. The van der Waals surface area contributed by atoms with Crippen molar-refractivity contribution in [3.8, 4) is 0 Å². The molecule has 4 aromatic rings. The van der Waals surface area contributed by atoms with Gasteiger partial charge in [-0.05, 0) is 61.7 Å². The van der Waals surface area contributed by atoms with Crippen LogP contribution < -0.4 is 15.8 Å². The molecular weight excluding hydrogens is 378 g/mol. The summed E-state index contributed by atoms with van der Waals surface area (Å²) in [5, 5.41) is 4.05. The van der Waals surface area contributed by atoms with Gasteiger partial charge in [0.15, 0.2) is 0 Å². The van der Waals surface area contributed by atoms with E-state index in [1.54, 1.807) is 29.2 Å². The van der Waals surface area contributed by atoms with Crippen LogP contribution in [0.25, 0.3) is 11.0 Å². The Labute approximate surface area is 174 Å². The van der Waals surface area contributed by atoms with E-state index in [0.717, 1.165) is 24.2 Å². The number of rotatable bonds is 5. The van der Waals surface area contributed by atoms with Gasteiger partial charge in [0, 0.05) is 42.1 Å². The molecule has 1 N–H and O–H groups in total. The zero-order valence-corrected chi connectivity index (χ0v) is 16.6. The number of nitrogens with zero attached hydrogens (tertiary/aromatic N) is 4. The Bertz CT molecular complexity index is 1190. The molecule has 0 aliphatic carbocycles. The summed E-state index contributed by atoms with van der Waals surface area (Å²) in [6, 6.07) is 15.3. The van der Waals surface area contributed by atoms with E-state index < -0.39 is 0 Å². The number of furan rings is 1. The minimum atomic E-state index is -0.130. The van der Waals surface area contributed by atoms with Crippen LogP contribution in [-0.2, 0) is 6.54 Å². The normalized spacial score (nSPS) is 14.2. The van der Waals surface area contributed by atoms with E-state index in [1.165, 1.54) is 31.0 Å². The summed E-state index contributed by atoms with van der Waals surface area (Å²) in [5.74, 6) is 1.15. The average molecular weight is 401 g/mol. The third-order valence-corrected chi connectivity index (χ3v) is 5.46. The van der Waals surface area contributed by atoms with Crippen molar-refractivity contribution in [1.29, 1.82) is 0 Å². The molecule has 1 aliphatic heterocycles. The number of piperidine rings is 1. The Morgan fingerprint density at radius 1 is 1.00 bits per heavy atom. The van der Waals surface area contributed by atoms with Gasteiger partial charge in [-0.3, -0.25) is 9.36 Å². The molecule has 0 radical (unpaired) electrons. The summed E-state index contributed by atoms with van der Waals surface area (Å²) in [4.78, 5) is 23.9. The maximum Gasteiger partial charge on any atom is 0.252 e. The van der Waals surface area contributed by atoms with Crippen LogP contribution in [0, 0.1) is 0 Å². The molecule has 0 atom stereocenters. The quantitative estimate of drug-likeness (QED) is 0.541. The number of fused-ring (bicyclic) bond motifs is 1. The first-order valence-corrected chi connectivity index (χ1v) is 10.3. The Balaban J connectivity index is 1.41. The molecular formula is C23H23N5O2. The number of hydrogen-bond donors (Lipinski definition) is 1. The SMILES string of the molecule is O=c1ccc2cnc(Nc3ccc(N4CCCCC4)cc3)nc2n1Cc1ccco1. The van der Waals surface area contributed by atoms with Crippen LogP contribution in [0.3, 0.4) is 0 Å². The lowest BCUT2D eigenvalue weighted by molar-refractivity contribution is 0.493. The smallest absolute Gasteiger partial charge is 0.252 e. The van der Waals surface area contributed by atoms with E-state index in [1.807, 2.05) is 18.2 Å². The molecule has 1 aromatic carbocycles. The molecule has 0 saturated carbocycles. The molecule has 5 rings (SSSR count). The van der Waals surface area contributed by atoms with Crippen molar-refractivity contribution in [3.05, 3.63) is 77.1 Å². The monoisotopic (exact) mass is 401 g/mol. The Morgan fingerprint density at radius 2 is 1.83 bits per heavy atom. The second-order valence-corrected chi connectivity index (χ2v) is 7.53. The molecule has 0 amide bonds. The van der Waals surface area contributed by atoms with Crippen LogP contribution in [0.5, 0.6) is 0 Å². The number of aromatic nitrogens is 3. The molecule has 1 fully saturated rings. The van der Waals surface area contributed by atoms with Gasteiger partial charge in [-0.15, -0.1) is 0 Å². The van der Waals surface area contributed by atoms with Crippen molar-refractivity contribution in [2.24, 2.45) is 0 Å². The zero-order valence-electron chi connectivity index (χ0n) is 16.6. The van der Waals surface area contributed by atoms with Crippen molar-refractivity contribution in [3.63, 3.8) is 0 Å². The maximum absolute atomic E-state index is 12.5. The first kappa shape index (κ1) is 18.4. The van der Waals surface area contributed by atoms with Crippen LogP contribution in [0.1, 0.15) is 25.0 Å². The third kappa shape index (κ3) is 3.78. The minimum Gasteiger partial charge on any atom is -0.467 e. The standard InChI is InChI=1S/C23H23N5O2/c29-21-11-6-17-15-24-23(26-22(17)28(21)16-20-5-4-14-30-20)25-18-7-9-19(10-8-18)27-12-2-1-3-13-27/h4-11,14-15H,1-3,12-13,16H2,(H,24,25,26). The maximum atomic E-state index is 12.5. The molecule has 1 aliphatic rings. The largest absolute Gasteiger partial charge is 0.467 e. The first-order chi connectivity index (χ1) is 14.8. The second-order valence-electron chi connectivity index (χ2n) is 7.53. The van der Waals surface area contributed by atoms with Gasteiger partial charge in [-0.2, -0.15) is 4.98 Å². The fourth-order valence-electron chi connectivity index (χ4n) is 3.88. The molecule has 7 heteroatoms. The van der Waals surface area contributed by atoms with Crippen LogP contribution >= 0.6 is 0 Å². The van der Waals surface area contributed by atoms with Gasteiger partial charge in [0.25, 0.3) is 5.56 Å². The van der Waals surface area contributed by atoms with Gasteiger partial charge in [-0.25, -0.2) is 4.98 Å². The van der Waals surface area contributed by atoms with Gasteiger partial charge in [0.05, 0.1) is 12.8 Å². The Kier molecular flexibility index (Phi) is 4.93. The summed E-state index contributed by atoms with van der Waals surface area (Å²) in [6.45, 7) is 2.56. The molecule has 7 nitrogen and oxygen atoms in total. The highest BCUT2D eigenvalue weighted by Crippen LogP contribution is 2.23. The van der Waals surface area contributed by atoms with Crippen LogP contribution in [0.15, 0.2) is 70.2 Å². The molecule has 0 unspecified atom stereocenters. The van der Waals surface area contributed by atoms with Crippen molar-refractivity contribution in [2.75, 3.05) is 23.3 Å². The lowest BCUT2D eigenvalue weighted by Gasteiger charge is -2.28. The van der Waals surface area contributed by atoms with Gasteiger partial charge < -0.3 is 14.6 Å². The molecule has 152 valence electrons. The predicted octanol–water partition coefficient (Wildman–Crippen LogP) is 4.17. The van der Waals surface area contributed by atoms with Crippen molar-refractivity contribution >= 4 is 28.4 Å². The van der Waals surface area contributed by atoms with Crippen LogP contribution in [0.2, 0.25) is 0 Å². The lowest BCUT2D eigenvalue weighted by Crippen LogP contribution is -2.29. The fraction of sp³-hybridized carbons (Fsp3) is 0.261. The van der Waals surface area contributed by atoms with Gasteiger partial charge in [0.2, 0.25) is 5.95 Å². The summed E-state index contributed by atoms with van der Waals surface area (Å²) in [5.41, 5.74) is 2.59. The predicted molar refractivity (Wildman–Crippen MR) is 117 cm³/mol. The molecule has 3 aromatic heterocycles. The minimum absolute atomic E-state index is 0.130. The van der Waals surface area contributed by atoms with E-state index in [2.05, 4.69) is 32.3 Å². The third-order valence-electron chi connectivity index (χ3n) is 5.46. The van der Waals surface area contributed by atoms with Crippen molar-refractivity contribution in [2.45, 2.75) is 25.8 Å². The molecule has 0 bridgehead atoms. The summed E-state index contributed by atoms with van der Waals surface area (Å²) in [6.07, 6.45) is 7.15. The summed E-state index contributed by atoms with van der Waals surface area (Å²) in [7, 11) is 0. The summed E-state index contributed by atoms with van der Waals surface area (Å²) < 4.78 is 7.00. The zero-order chi connectivity index (χ0) is 20.3. The van der Waals surface area contributed by atoms with E-state index >= 15 is 0 Å². The second kappa shape index (κ2) is 8.02. The topological polar surface area (TPSA) is 76.2 Å². The Hall–Kier alpha value is -3.61. The van der Waals surface area contributed by atoms with Gasteiger partial charge >= 0.3 is 0 Å². The molecule has 30 heavy (non-hydrogen) atoms. The Morgan fingerprint density at radius 3 is 2.60 bits per heavy atom. The lowest BCUT2D eigenvalue weighted by atomic mass is 10.1. The van der Waals surface area contributed by atoms with Crippen molar-refractivity contribution in [1.82, 2.24) is 14.5 Å². The van der Waals surface area contributed by atoms with E-state index in [0.29, 0.717) is 23.9 Å². The molecule has 1 saturated heterocycles. The molecule has 4 heterocycles. The highest BCUT2D eigenvalue weighted by atomic mass is 16.3. The summed E-state index contributed by atoms with van der Waals surface area (Å²) >= 11 is 0. The number of benzene rings is 1. The molecule has 0 spiro atoms. The van der Waals surface area contributed by atoms with E-state index in [-0.39, 0.29) is 5.56 Å². The number of hydrogen-bond acceptors (Lipinski definition) is 6. The van der Waals surface area contributed by atoms with Crippen LogP contribution in [0.4, 0.5) is 17.3 Å². The van der Waals surface area contributed by atoms with Crippen molar-refractivity contribution < 1.29 is 4.42 Å². The highest BCUT2D eigenvalue weighted by Gasteiger charge is 2.12. The van der Waals surface area contributed by atoms with E-state index in [4.69, 9.17) is 4.42 Å². The first-order valence-electron chi connectivity index (χ1n) is 10.3. The fourth-order valence-corrected chi connectivity index (χ4v) is 3.88. The van der Waals surface area contributed by atoms with Crippen LogP contribution in [-0.4, -0.2) is 27.6 Å². The number of pyridine rings is 1. The van der Waals surface area contributed by atoms with Gasteiger partial charge in [0.1, 0.15) is 11.4 Å². The van der Waals surface area contributed by atoms with E-state index in [9.17, 15) is 4.79 Å². The highest BCUT2D eigenvalue weighted by molar-refractivity contribution is 5.75. The van der Waals surface area contributed by atoms with Gasteiger partial charge in [-0.1, -0.05) is 0 Å². The number of anilines is 3. The average Bonchev–Trinajstić information content (AvgIpc) is 3.30.